The molecule has 2 fully saturated rings. The molecule has 1 aromatic rings. The number of β-amino-alcohol motifs (C(OH)–C–C–N with tert-alkyl or cyclic N) is 1. The maximum Gasteiger partial charge on any atom is 0.226 e. The Kier molecular flexibility index (Phi) is 5.91. The number of rotatable bonds is 4. The van der Waals surface area contributed by atoms with Gasteiger partial charge in [0.25, 0.3) is 0 Å². The first kappa shape index (κ1) is 18.8. The summed E-state index contributed by atoms with van der Waals surface area (Å²) in [7, 11) is 0. The lowest BCUT2D eigenvalue weighted by Crippen LogP contribution is -2.47. The van der Waals surface area contributed by atoms with Crippen molar-refractivity contribution in [3.8, 4) is 0 Å². The molecule has 1 unspecified atom stereocenters. The Morgan fingerprint density at radius 3 is 2.58 bits per heavy atom. The molecule has 1 N–H and O–H groups in total. The molecule has 0 saturated carbocycles. The molecular formula is C20H27FN2O3. The van der Waals surface area contributed by atoms with E-state index in [1.54, 1.807) is 11.0 Å². The van der Waals surface area contributed by atoms with Crippen molar-refractivity contribution >= 4 is 11.8 Å². The van der Waals surface area contributed by atoms with Crippen molar-refractivity contribution in [2.45, 2.75) is 38.5 Å². The number of aliphatic hydroxyl groups is 1. The number of piperidine rings is 2. The van der Waals surface area contributed by atoms with Crippen molar-refractivity contribution in [2.24, 2.45) is 5.92 Å². The molecule has 1 atom stereocenters. The van der Waals surface area contributed by atoms with Crippen LogP contribution in [0.1, 0.15) is 42.7 Å². The fourth-order valence-corrected chi connectivity index (χ4v) is 4.21. The Hall–Kier alpha value is -1.95. The van der Waals surface area contributed by atoms with E-state index in [2.05, 4.69) is 0 Å². The van der Waals surface area contributed by atoms with Gasteiger partial charge >= 0.3 is 0 Å². The second-order valence-electron chi connectivity index (χ2n) is 7.39. The molecule has 2 saturated heterocycles. The van der Waals surface area contributed by atoms with Gasteiger partial charge in [-0.05, 0) is 55.4 Å². The Bertz CT molecular complexity index is 671. The van der Waals surface area contributed by atoms with Crippen molar-refractivity contribution < 1.29 is 19.1 Å². The van der Waals surface area contributed by atoms with Gasteiger partial charge in [0.1, 0.15) is 5.82 Å². The highest BCUT2D eigenvalue weighted by Crippen LogP contribution is 2.32. The van der Waals surface area contributed by atoms with E-state index in [4.69, 9.17) is 5.11 Å². The lowest BCUT2D eigenvalue weighted by atomic mass is 9.86. The summed E-state index contributed by atoms with van der Waals surface area (Å²) in [6, 6.07) is 4.94. The molecule has 1 aromatic carbocycles. The predicted octanol–water partition coefficient (Wildman–Crippen LogP) is 2.07. The molecule has 26 heavy (non-hydrogen) atoms. The van der Waals surface area contributed by atoms with Crippen LogP contribution >= 0.6 is 0 Å². The van der Waals surface area contributed by atoms with Crippen LogP contribution in [0.3, 0.4) is 0 Å². The van der Waals surface area contributed by atoms with Gasteiger partial charge in [-0.2, -0.15) is 0 Å². The molecule has 6 heteroatoms. The average molecular weight is 362 g/mol. The van der Waals surface area contributed by atoms with Gasteiger partial charge in [-0.25, -0.2) is 4.39 Å². The number of aliphatic hydroxyl groups excluding tert-OH is 1. The summed E-state index contributed by atoms with van der Waals surface area (Å²) >= 11 is 0. The summed E-state index contributed by atoms with van der Waals surface area (Å²) in [6.45, 7) is 4.16. The molecule has 2 aliphatic heterocycles. The number of aryl methyl sites for hydroxylation is 1. The number of nitrogens with zero attached hydrogens (tertiary/aromatic N) is 2. The maximum absolute atomic E-state index is 13.3. The van der Waals surface area contributed by atoms with Crippen LogP contribution < -0.4 is 0 Å². The summed E-state index contributed by atoms with van der Waals surface area (Å²) in [5.74, 6) is -0.0537. The molecule has 2 heterocycles. The van der Waals surface area contributed by atoms with Gasteiger partial charge < -0.3 is 14.9 Å². The van der Waals surface area contributed by atoms with Crippen LogP contribution in [0.5, 0.6) is 0 Å². The van der Waals surface area contributed by atoms with Gasteiger partial charge in [-0.3, -0.25) is 9.59 Å². The Labute approximate surface area is 153 Å². The molecular weight excluding hydrogens is 335 g/mol. The van der Waals surface area contributed by atoms with Crippen LogP contribution in [-0.2, 0) is 9.59 Å². The Balaban J connectivity index is 1.55. The van der Waals surface area contributed by atoms with E-state index in [0.29, 0.717) is 38.5 Å². The summed E-state index contributed by atoms with van der Waals surface area (Å²) < 4.78 is 13.3. The smallest absolute Gasteiger partial charge is 0.226 e. The second kappa shape index (κ2) is 8.16. The molecule has 0 aliphatic carbocycles. The van der Waals surface area contributed by atoms with Gasteiger partial charge in [0, 0.05) is 38.5 Å². The van der Waals surface area contributed by atoms with Gasteiger partial charge in [0.05, 0.1) is 6.61 Å². The van der Waals surface area contributed by atoms with E-state index in [0.717, 1.165) is 18.4 Å². The van der Waals surface area contributed by atoms with Crippen molar-refractivity contribution in [1.82, 2.24) is 9.80 Å². The van der Waals surface area contributed by atoms with Gasteiger partial charge in [-0.15, -0.1) is 0 Å². The molecule has 142 valence electrons. The number of carbonyl (C=O) groups excluding carboxylic acids is 2. The number of hydrogen-bond donors (Lipinski definition) is 1. The fourth-order valence-electron chi connectivity index (χ4n) is 4.21. The minimum Gasteiger partial charge on any atom is -0.395 e. The zero-order valence-electron chi connectivity index (χ0n) is 15.3. The van der Waals surface area contributed by atoms with E-state index >= 15 is 0 Å². The number of amides is 2. The molecule has 3 rings (SSSR count). The number of halogens is 1. The zero-order chi connectivity index (χ0) is 18.7. The van der Waals surface area contributed by atoms with Crippen LogP contribution in [0.2, 0.25) is 0 Å². The summed E-state index contributed by atoms with van der Waals surface area (Å²) in [4.78, 5) is 28.4. The highest BCUT2D eigenvalue weighted by molar-refractivity contribution is 5.87. The first-order chi connectivity index (χ1) is 12.5. The van der Waals surface area contributed by atoms with E-state index in [-0.39, 0.29) is 36.6 Å². The third kappa shape index (κ3) is 4.06. The topological polar surface area (TPSA) is 60.9 Å². The minimum absolute atomic E-state index is 0.0410. The standard InChI is InChI=1S/C20H27FN2O3/c1-14-12-17(21)2-3-18(14)15-4-8-23(9-5-15)20(26)16-6-7-22(10-11-24)19(25)13-16/h2-3,12,15-16,24H,4-11,13H2,1H3. The zero-order valence-corrected chi connectivity index (χ0v) is 15.3. The van der Waals surface area contributed by atoms with E-state index in [1.165, 1.54) is 11.6 Å². The largest absolute Gasteiger partial charge is 0.395 e. The third-order valence-electron chi connectivity index (χ3n) is 5.72. The lowest BCUT2D eigenvalue weighted by molar-refractivity contribution is -0.146. The van der Waals surface area contributed by atoms with Crippen LogP contribution in [0, 0.1) is 18.7 Å². The first-order valence-electron chi connectivity index (χ1n) is 9.43. The van der Waals surface area contributed by atoms with E-state index in [9.17, 15) is 14.0 Å². The normalized spacial score (nSPS) is 22.0. The molecule has 0 radical (unpaired) electrons. The molecule has 2 aliphatic rings. The molecule has 0 bridgehead atoms. The number of benzene rings is 1. The molecule has 5 nitrogen and oxygen atoms in total. The number of carbonyl (C=O) groups is 2. The van der Waals surface area contributed by atoms with Crippen LogP contribution in [0.4, 0.5) is 4.39 Å². The van der Waals surface area contributed by atoms with Crippen molar-refractivity contribution in [1.29, 1.82) is 0 Å². The Morgan fingerprint density at radius 1 is 1.23 bits per heavy atom. The van der Waals surface area contributed by atoms with Gasteiger partial charge in [-0.1, -0.05) is 6.07 Å². The SMILES string of the molecule is Cc1cc(F)ccc1C1CCN(C(=O)C2CCN(CCO)C(=O)C2)CC1. The monoisotopic (exact) mass is 362 g/mol. The van der Waals surface area contributed by atoms with Crippen molar-refractivity contribution in [3.63, 3.8) is 0 Å². The maximum atomic E-state index is 13.3. The molecule has 0 spiro atoms. The minimum atomic E-state index is -0.235. The highest BCUT2D eigenvalue weighted by Gasteiger charge is 2.34. The summed E-state index contributed by atoms with van der Waals surface area (Å²) in [6.07, 6.45) is 2.66. The first-order valence-corrected chi connectivity index (χ1v) is 9.43. The van der Waals surface area contributed by atoms with E-state index in [1.807, 2.05) is 17.9 Å². The van der Waals surface area contributed by atoms with Crippen LogP contribution in [0.15, 0.2) is 18.2 Å². The predicted molar refractivity (Wildman–Crippen MR) is 96.1 cm³/mol. The molecule has 0 aromatic heterocycles. The Morgan fingerprint density at radius 2 is 1.96 bits per heavy atom. The van der Waals surface area contributed by atoms with Crippen molar-refractivity contribution in [2.75, 3.05) is 32.8 Å². The summed E-state index contributed by atoms with van der Waals surface area (Å²) in [5.41, 5.74) is 2.14. The van der Waals surface area contributed by atoms with Gasteiger partial charge in [0.15, 0.2) is 0 Å². The van der Waals surface area contributed by atoms with Crippen LogP contribution in [0.25, 0.3) is 0 Å². The number of likely N-dealkylation sites (tertiary alicyclic amines) is 2. The van der Waals surface area contributed by atoms with Gasteiger partial charge in [0.2, 0.25) is 11.8 Å². The summed E-state index contributed by atoms with van der Waals surface area (Å²) in [5, 5.41) is 8.98. The quantitative estimate of drug-likeness (QED) is 0.892. The highest BCUT2D eigenvalue weighted by atomic mass is 19.1. The second-order valence-corrected chi connectivity index (χ2v) is 7.39. The van der Waals surface area contributed by atoms with E-state index < -0.39 is 0 Å². The number of hydrogen-bond acceptors (Lipinski definition) is 3. The third-order valence-corrected chi connectivity index (χ3v) is 5.72. The lowest BCUT2D eigenvalue weighted by Gasteiger charge is -2.37. The fraction of sp³-hybridized carbons (Fsp3) is 0.600. The molecule has 2 amide bonds. The van der Waals surface area contributed by atoms with Crippen LogP contribution in [-0.4, -0.2) is 59.5 Å². The average Bonchev–Trinajstić information content (AvgIpc) is 2.63. The van der Waals surface area contributed by atoms with Crippen molar-refractivity contribution in [3.05, 3.63) is 35.1 Å².